The highest BCUT2D eigenvalue weighted by Gasteiger charge is 1.60. The summed E-state index contributed by atoms with van der Waals surface area (Å²) < 4.78 is 0. The highest BCUT2D eigenvalue weighted by molar-refractivity contribution is 5.69. The van der Waals surface area contributed by atoms with Crippen molar-refractivity contribution in [2.24, 2.45) is 11.5 Å². The van der Waals surface area contributed by atoms with Gasteiger partial charge in [0.05, 0.1) is 0 Å². The fourth-order valence-corrected chi connectivity index (χ4v) is 0. The van der Waals surface area contributed by atoms with Crippen LogP contribution in [0.15, 0.2) is 0 Å². The molecule has 0 radical (unpaired) electrons. The largest absolute Gasteiger partial charge is 0.352 e. The molecule has 3 nitrogen and oxygen atoms in total. The molecule has 0 aromatic carbocycles. The standard InChI is InChI=1S/C3H8.CH4N2O/c1-3-2;2-1(3)4/h3H2,1-2H3;(H4,2,3,4). The number of amides is 2. The van der Waals surface area contributed by atoms with E-state index >= 15 is 0 Å². The lowest BCUT2D eigenvalue weighted by Gasteiger charge is -1.62. The summed E-state index contributed by atoms with van der Waals surface area (Å²) >= 11 is 0. The summed E-state index contributed by atoms with van der Waals surface area (Å²) in [5.41, 5.74) is 8.50. The molecular formula is C4H12N2O. The maximum Gasteiger partial charge on any atom is 0.309 e. The van der Waals surface area contributed by atoms with Crippen molar-refractivity contribution in [3.05, 3.63) is 0 Å². The summed E-state index contributed by atoms with van der Waals surface area (Å²) in [6, 6.07) is -0.833. The lowest BCUT2D eigenvalue weighted by Crippen LogP contribution is -2.18. The molecule has 0 saturated heterocycles. The quantitative estimate of drug-likeness (QED) is 0.460. The van der Waals surface area contributed by atoms with Crippen LogP contribution >= 0.6 is 0 Å². The summed E-state index contributed by atoms with van der Waals surface area (Å²) in [6.45, 7) is 4.25. The van der Waals surface area contributed by atoms with Gasteiger partial charge in [-0.1, -0.05) is 20.3 Å². The van der Waals surface area contributed by atoms with Gasteiger partial charge in [0, 0.05) is 0 Å². The lowest BCUT2D eigenvalue weighted by molar-refractivity contribution is 0.256. The number of hydrogen-bond donors (Lipinski definition) is 2. The molecule has 0 bridgehead atoms. The van der Waals surface area contributed by atoms with Crippen molar-refractivity contribution >= 4 is 6.03 Å². The summed E-state index contributed by atoms with van der Waals surface area (Å²) in [4.78, 5) is 9.00. The molecule has 0 aliphatic rings. The normalized spacial score (nSPS) is 6.00. The number of nitrogens with two attached hydrogens (primary N) is 2. The van der Waals surface area contributed by atoms with E-state index in [-0.39, 0.29) is 0 Å². The monoisotopic (exact) mass is 104 g/mol. The smallest absolute Gasteiger partial charge is 0.309 e. The molecule has 2 amide bonds. The highest BCUT2D eigenvalue weighted by atomic mass is 16.2. The van der Waals surface area contributed by atoms with Crippen LogP contribution in [0.1, 0.15) is 20.3 Å². The molecule has 3 heteroatoms. The Hall–Kier alpha value is -0.730. The van der Waals surface area contributed by atoms with E-state index in [0.717, 1.165) is 0 Å². The minimum atomic E-state index is -0.833. The minimum Gasteiger partial charge on any atom is -0.352 e. The molecule has 0 rings (SSSR count). The third-order valence-electron chi connectivity index (χ3n) is 0. The summed E-state index contributed by atoms with van der Waals surface area (Å²) in [7, 11) is 0. The first kappa shape index (κ1) is 9.55. The zero-order valence-electron chi connectivity index (χ0n) is 4.77. The second kappa shape index (κ2) is 8.99. The topological polar surface area (TPSA) is 69.1 Å². The molecule has 44 valence electrons. The van der Waals surface area contributed by atoms with Gasteiger partial charge in [0.15, 0.2) is 0 Å². The lowest BCUT2D eigenvalue weighted by atomic mass is 10.6. The maximum atomic E-state index is 9.00. The molecule has 0 aromatic rings. The molecule has 0 atom stereocenters. The Balaban J connectivity index is 0. The van der Waals surface area contributed by atoms with Crippen LogP contribution in [0.4, 0.5) is 4.79 Å². The van der Waals surface area contributed by atoms with E-state index in [9.17, 15) is 0 Å². The molecule has 7 heavy (non-hydrogen) atoms. The Kier molecular flexibility index (Phi) is 12.3. The van der Waals surface area contributed by atoms with E-state index in [1.54, 1.807) is 0 Å². The van der Waals surface area contributed by atoms with E-state index in [2.05, 4.69) is 25.3 Å². The SMILES string of the molecule is CCC.NC(N)=O. The fraction of sp³-hybridized carbons (Fsp3) is 0.750. The van der Waals surface area contributed by atoms with Gasteiger partial charge in [-0.05, 0) is 0 Å². The van der Waals surface area contributed by atoms with Crippen LogP contribution in [0.25, 0.3) is 0 Å². The van der Waals surface area contributed by atoms with Gasteiger partial charge in [0.1, 0.15) is 0 Å². The van der Waals surface area contributed by atoms with Gasteiger partial charge in [-0.25, -0.2) is 4.79 Å². The molecule has 0 aliphatic carbocycles. The van der Waals surface area contributed by atoms with Crippen molar-refractivity contribution < 1.29 is 4.79 Å². The van der Waals surface area contributed by atoms with Crippen molar-refractivity contribution in [2.45, 2.75) is 20.3 Å². The van der Waals surface area contributed by atoms with Gasteiger partial charge in [0.2, 0.25) is 0 Å². The Morgan fingerprint density at radius 2 is 1.43 bits per heavy atom. The molecular weight excluding hydrogens is 92.1 g/mol. The molecule has 0 heterocycles. The molecule has 0 fully saturated rings. The highest BCUT2D eigenvalue weighted by Crippen LogP contribution is 1.56. The predicted molar refractivity (Wildman–Crippen MR) is 29.7 cm³/mol. The number of carbonyl (C=O) groups is 1. The first-order valence-corrected chi connectivity index (χ1v) is 2.20. The number of carbonyl (C=O) groups excluding carboxylic acids is 1. The number of rotatable bonds is 0. The summed E-state index contributed by atoms with van der Waals surface area (Å²) in [5.74, 6) is 0. The molecule has 0 aliphatic heterocycles. The second-order valence-corrected chi connectivity index (χ2v) is 1.11. The van der Waals surface area contributed by atoms with Crippen LogP contribution in [-0.4, -0.2) is 6.03 Å². The van der Waals surface area contributed by atoms with E-state index in [4.69, 9.17) is 4.79 Å². The van der Waals surface area contributed by atoms with Crippen molar-refractivity contribution in [2.75, 3.05) is 0 Å². The van der Waals surface area contributed by atoms with E-state index < -0.39 is 6.03 Å². The van der Waals surface area contributed by atoms with Gasteiger partial charge >= 0.3 is 6.03 Å². The first-order valence-electron chi connectivity index (χ1n) is 2.20. The van der Waals surface area contributed by atoms with Crippen LogP contribution in [-0.2, 0) is 0 Å². The number of hydrogen-bond acceptors (Lipinski definition) is 1. The average Bonchev–Trinajstić information content (AvgIpc) is 1.33. The van der Waals surface area contributed by atoms with Crippen LogP contribution in [0.3, 0.4) is 0 Å². The van der Waals surface area contributed by atoms with Crippen molar-refractivity contribution in [3.63, 3.8) is 0 Å². The Morgan fingerprint density at radius 1 is 1.43 bits per heavy atom. The Morgan fingerprint density at radius 3 is 1.43 bits per heavy atom. The zero-order chi connectivity index (χ0) is 6.28. The molecule has 0 spiro atoms. The van der Waals surface area contributed by atoms with Crippen molar-refractivity contribution in [1.29, 1.82) is 0 Å². The van der Waals surface area contributed by atoms with E-state index in [1.165, 1.54) is 6.42 Å². The third-order valence-corrected chi connectivity index (χ3v) is 0. The Bertz CT molecular complexity index is 41.0. The van der Waals surface area contributed by atoms with Crippen LogP contribution < -0.4 is 11.5 Å². The molecule has 0 saturated carbocycles. The van der Waals surface area contributed by atoms with Gasteiger partial charge in [-0.3, -0.25) is 0 Å². The van der Waals surface area contributed by atoms with Crippen LogP contribution in [0.5, 0.6) is 0 Å². The Labute approximate surface area is 43.7 Å². The maximum absolute atomic E-state index is 9.00. The average molecular weight is 104 g/mol. The molecule has 0 unspecified atom stereocenters. The first-order chi connectivity index (χ1) is 3.15. The van der Waals surface area contributed by atoms with Crippen LogP contribution in [0, 0.1) is 0 Å². The number of urea groups is 1. The van der Waals surface area contributed by atoms with Crippen molar-refractivity contribution in [1.82, 2.24) is 0 Å². The fourth-order valence-electron chi connectivity index (χ4n) is 0. The van der Waals surface area contributed by atoms with Gasteiger partial charge < -0.3 is 11.5 Å². The van der Waals surface area contributed by atoms with E-state index in [1.807, 2.05) is 0 Å². The van der Waals surface area contributed by atoms with Gasteiger partial charge in [-0.2, -0.15) is 0 Å². The summed E-state index contributed by atoms with van der Waals surface area (Å²) in [5, 5.41) is 0. The molecule has 4 N–H and O–H groups in total. The number of primary amides is 2. The molecule has 0 aromatic heterocycles. The minimum absolute atomic E-state index is 0.833. The van der Waals surface area contributed by atoms with Crippen LogP contribution in [0.2, 0.25) is 0 Å². The zero-order valence-corrected chi connectivity index (χ0v) is 4.77. The second-order valence-electron chi connectivity index (χ2n) is 1.11. The van der Waals surface area contributed by atoms with Crippen molar-refractivity contribution in [3.8, 4) is 0 Å². The van der Waals surface area contributed by atoms with Gasteiger partial charge in [0.25, 0.3) is 0 Å². The summed E-state index contributed by atoms with van der Waals surface area (Å²) in [6.07, 6.45) is 1.25. The van der Waals surface area contributed by atoms with Gasteiger partial charge in [-0.15, -0.1) is 0 Å². The van der Waals surface area contributed by atoms with E-state index in [0.29, 0.717) is 0 Å². The predicted octanol–water partition coefficient (Wildman–Crippen LogP) is 0.440. The third kappa shape index (κ3) is 106.